The number of thiophene rings is 1. The lowest BCUT2D eigenvalue weighted by Gasteiger charge is -2.04. The van der Waals surface area contributed by atoms with Gasteiger partial charge in [0.1, 0.15) is 16.6 Å². The molecule has 5 heteroatoms. The first-order valence-corrected chi connectivity index (χ1v) is 7.12. The van der Waals surface area contributed by atoms with Gasteiger partial charge in [-0.1, -0.05) is 37.3 Å². The first-order valence-electron chi connectivity index (χ1n) is 6.30. The topological polar surface area (TPSA) is 78.9 Å². The van der Waals surface area contributed by atoms with Crippen molar-refractivity contribution in [3.8, 4) is 6.07 Å². The van der Waals surface area contributed by atoms with Crippen molar-refractivity contribution in [2.75, 3.05) is 11.1 Å². The van der Waals surface area contributed by atoms with Gasteiger partial charge in [0.25, 0.3) is 0 Å². The standard InChI is InChI=1S/C15H15N3OS/c1-2-12(19)14-13(17)11(8-16)15(20-14)18-9-10-6-4-3-5-7-10/h3-7,18H,2,9,17H2,1H3. The molecule has 1 aromatic heterocycles. The Morgan fingerprint density at radius 1 is 1.40 bits per heavy atom. The van der Waals surface area contributed by atoms with Crippen LogP contribution in [0.2, 0.25) is 0 Å². The van der Waals surface area contributed by atoms with E-state index in [0.29, 0.717) is 34.1 Å². The summed E-state index contributed by atoms with van der Waals surface area (Å²) in [5, 5.41) is 13.0. The third-order valence-corrected chi connectivity index (χ3v) is 4.13. The number of nitrogens with zero attached hydrogens (tertiary/aromatic N) is 1. The smallest absolute Gasteiger partial charge is 0.174 e. The van der Waals surface area contributed by atoms with Crippen molar-refractivity contribution >= 4 is 27.8 Å². The van der Waals surface area contributed by atoms with Crippen LogP contribution in [-0.2, 0) is 6.54 Å². The van der Waals surface area contributed by atoms with Crippen molar-refractivity contribution in [1.29, 1.82) is 5.26 Å². The van der Waals surface area contributed by atoms with Gasteiger partial charge in [-0.25, -0.2) is 0 Å². The molecule has 0 aliphatic rings. The quantitative estimate of drug-likeness (QED) is 0.825. The zero-order chi connectivity index (χ0) is 14.5. The number of benzene rings is 1. The molecule has 0 bridgehead atoms. The molecule has 0 spiro atoms. The summed E-state index contributed by atoms with van der Waals surface area (Å²) in [6.45, 7) is 2.37. The number of nitrogen functional groups attached to an aromatic ring is 1. The number of carbonyl (C=O) groups is 1. The van der Waals surface area contributed by atoms with Crippen molar-refractivity contribution < 1.29 is 4.79 Å². The van der Waals surface area contributed by atoms with Crippen molar-refractivity contribution in [2.24, 2.45) is 0 Å². The van der Waals surface area contributed by atoms with Crippen LogP contribution in [0.3, 0.4) is 0 Å². The number of nitrogens with one attached hydrogen (secondary N) is 1. The van der Waals surface area contributed by atoms with Crippen molar-refractivity contribution in [2.45, 2.75) is 19.9 Å². The van der Waals surface area contributed by atoms with E-state index in [-0.39, 0.29) is 5.78 Å². The molecule has 1 heterocycles. The second-order valence-electron chi connectivity index (χ2n) is 4.28. The van der Waals surface area contributed by atoms with Gasteiger partial charge in [0.15, 0.2) is 5.78 Å². The third-order valence-electron chi connectivity index (χ3n) is 2.93. The Kier molecular flexibility index (Phi) is 4.38. The average Bonchev–Trinajstić information content (AvgIpc) is 2.81. The van der Waals surface area contributed by atoms with E-state index in [4.69, 9.17) is 5.73 Å². The highest BCUT2D eigenvalue weighted by Gasteiger charge is 2.19. The van der Waals surface area contributed by atoms with E-state index in [1.165, 1.54) is 11.3 Å². The van der Waals surface area contributed by atoms with Crippen LogP contribution in [0.4, 0.5) is 10.7 Å². The van der Waals surface area contributed by atoms with E-state index in [2.05, 4.69) is 11.4 Å². The van der Waals surface area contributed by atoms with Crippen LogP contribution in [0.1, 0.15) is 34.1 Å². The van der Waals surface area contributed by atoms with E-state index in [1.807, 2.05) is 30.3 Å². The molecule has 0 atom stereocenters. The van der Waals surface area contributed by atoms with Gasteiger partial charge in [-0.05, 0) is 5.56 Å². The van der Waals surface area contributed by atoms with Gasteiger partial charge in [-0.3, -0.25) is 4.79 Å². The Hall–Kier alpha value is -2.32. The van der Waals surface area contributed by atoms with E-state index in [1.54, 1.807) is 6.92 Å². The van der Waals surface area contributed by atoms with Crippen LogP contribution in [-0.4, -0.2) is 5.78 Å². The second kappa shape index (κ2) is 6.22. The molecule has 20 heavy (non-hydrogen) atoms. The van der Waals surface area contributed by atoms with Gasteiger partial charge in [0.2, 0.25) is 0 Å². The summed E-state index contributed by atoms with van der Waals surface area (Å²) < 4.78 is 0. The van der Waals surface area contributed by atoms with Gasteiger partial charge in [-0.15, -0.1) is 11.3 Å². The zero-order valence-corrected chi connectivity index (χ0v) is 12.0. The maximum Gasteiger partial charge on any atom is 0.174 e. The predicted octanol–water partition coefficient (Wildman–Crippen LogP) is 3.41. The van der Waals surface area contributed by atoms with Crippen molar-refractivity contribution in [3.63, 3.8) is 0 Å². The first kappa shape index (κ1) is 14.1. The first-order chi connectivity index (χ1) is 9.67. The molecule has 0 radical (unpaired) electrons. The minimum Gasteiger partial charge on any atom is -0.396 e. The number of hydrogen-bond donors (Lipinski definition) is 2. The number of rotatable bonds is 5. The summed E-state index contributed by atoms with van der Waals surface area (Å²) in [6.07, 6.45) is 0.383. The van der Waals surface area contributed by atoms with Gasteiger partial charge in [-0.2, -0.15) is 5.26 Å². The maximum atomic E-state index is 11.8. The maximum absolute atomic E-state index is 11.8. The minimum absolute atomic E-state index is 0.0308. The normalized spacial score (nSPS) is 10.0. The lowest BCUT2D eigenvalue weighted by Crippen LogP contribution is -2.00. The summed E-state index contributed by atoms with van der Waals surface area (Å²) in [7, 11) is 0. The monoisotopic (exact) mass is 285 g/mol. The molecule has 2 rings (SSSR count). The molecule has 0 aliphatic heterocycles. The van der Waals surface area contributed by atoms with Crippen molar-refractivity contribution in [3.05, 3.63) is 46.3 Å². The van der Waals surface area contributed by atoms with Crippen LogP contribution in [0.25, 0.3) is 0 Å². The Bertz CT molecular complexity index is 656. The molecule has 0 unspecified atom stereocenters. The summed E-state index contributed by atoms with van der Waals surface area (Å²) >= 11 is 1.25. The fourth-order valence-electron chi connectivity index (χ4n) is 1.83. The molecule has 102 valence electrons. The predicted molar refractivity (Wildman–Crippen MR) is 81.8 cm³/mol. The second-order valence-corrected chi connectivity index (χ2v) is 5.30. The molecule has 1 aromatic carbocycles. The fourth-order valence-corrected chi connectivity index (χ4v) is 2.90. The number of nitriles is 1. The molecule has 3 N–H and O–H groups in total. The fraction of sp³-hybridized carbons (Fsp3) is 0.200. The zero-order valence-electron chi connectivity index (χ0n) is 11.1. The van der Waals surface area contributed by atoms with Crippen LogP contribution in [0.5, 0.6) is 0 Å². The number of Topliss-reactive ketones (excluding diaryl/α,β-unsaturated/α-hetero) is 1. The molecular weight excluding hydrogens is 270 g/mol. The molecule has 0 fully saturated rings. The number of ketones is 1. The summed E-state index contributed by atoms with van der Waals surface area (Å²) in [6, 6.07) is 11.9. The highest BCUT2D eigenvalue weighted by atomic mass is 32.1. The van der Waals surface area contributed by atoms with Crippen LogP contribution in [0.15, 0.2) is 30.3 Å². The number of hydrogen-bond acceptors (Lipinski definition) is 5. The third kappa shape index (κ3) is 2.81. The largest absolute Gasteiger partial charge is 0.396 e. The van der Waals surface area contributed by atoms with Gasteiger partial charge in [0, 0.05) is 13.0 Å². The van der Waals surface area contributed by atoms with Crippen LogP contribution >= 0.6 is 11.3 Å². The molecule has 0 saturated carbocycles. The van der Waals surface area contributed by atoms with Gasteiger partial charge in [0.05, 0.1) is 10.6 Å². The molecule has 0 saturated heterocycles. The van der Waals surface area contributed by atoms with E-state index in [9.17, 15) is 10.1 Å². The number of carbonyl (C=O) groups excluding carboxylic acids is 1. The minimum atomic E-state index is -0.0308. The summed E-state index contributed by atoms with van der Waals surface area (Å²) in [4.78, 5) is 12.3. The lowest BCUT2D eigenvalue weighted by atomic mass is 10.2. The van der Waals surface area contributed by atoms with Gasteiger partial charge >= 0.3 is 0 Å². The average molecular weight is 285 g/mol. The summed E-state index contributed by atoms with van der Waals surface area (Å²) in [5.41, 5.74) is 7.65. The SMILES string of the molecule is CCC(=O)c1sc(NCc2ccccc2)c(C#N)c1N. The molecular formula is C15H15N3OS. The van der Waals surface area contributed by atoms with E-state index in [0.717, 1.165) is 5.56 Å². The Labute approximate surface area is 121 Å². The molecule has 2 aromatic rings. The van der Waals surface area contributed by atoms with Crippen LogP contribution < -0.4 is 11.1 Å². The Balaban J connectivity index is 2.24. The van der Waals surface area contributed by atoms with Crippen molar-refractivity contribution in [1.82, 2.24) is 0 Å². The lowest BCUT2D eigenvalue weighted by molar-refractivity contribution is 0.0993. The van der Waals surface area contributed by atoms with Crippen LogP contribution in [0, 0.1) is 11.3 Å². The molecule has 0 amide bonds. The summed E-state index contributed by atoms with van der Waals surface area (Å²) in [5.74, 6) is -0.0308. The molecule has 0 aliphatic carbocycles. The Morgan fingerprint density at radius 2 is 2.10 bits per heavy atom. The molecule has 4 nitrogen and oxygen atoms in total. The van der Waals surface area contributed by atoms with E-state index >= 15 is 0 Å². The Morgan fingerprint density at radius 3 is 2.70 bits per heavy atom. The van der Waals surface area contributed by atoms with Gasteiger partial charge < -0.3 is 11.1 Å². The highest BCUT2D eigenvalue weighted by molar-refractivity contribution is 7.19. The number of nitrogens with two attached hydrogens (primary N) is 1. The highest BCUT2D eigenvalue weighted by Crippen LogP contribution is 2.36. The number of anilines is 2. The van der Waals surface area contributed by atoms with E-state index < -0.39 is 0 Å².